The van der Waals surface area contributed by atoms with Crippen LogP contribution in [0.3, 0.4) is 0 Å². The number of hydrogen-bond donors (Lipinski definition) is 1. The Hall–Kier alpha value is -2.92. The van der Waals surface area contributed by atoms with Crippen LogP contribution >= 0.6 is 11.8 Å². The Morgan fingerprint density at radius 2 is 2.24 bits per heavy atom. The molecular formula is C17H16N3O4S-. The topological polar surface area (TPSA) is 100 Å². The van der Waals surface area contributed by atoms with E-state index in [4.69, 9.17) is 15.9 Å². The van der Waals surface area contributed by atoms with E-state index in [9.17, 15) is 9.90 Å². The largest absolute Gasteiger partial charge is 0.544 e. The number of carbonyl (C=O) groups is 1. The van der Waals surface area contributed by atoms with Crippen LogP contribution in [0.2, 0.25) is 0 Å². The van der Waals surface area contributed by atoms with Gasteiger partial charge in [0.15, 0.2) is 11.5 Å². The van der Waals surface area contributed by atoms with Crippen molar-refractivity contribution < 1.29 is 19.4 Å². The molecule has 0 amide bonds. The van der Waals surface area contributed by atoms with Gasteiger partial charge in [0, 0.05) is 4.91 Å². The number of hydrogen-bond acceptors (Lipinski definition) is 7. The number of aromatic nitrogens is 3. The van der Waals surface area contributed by atoms with Gasteiger partial charge in [-0.25, -0.2) is 4.98 Å². The minimum Gasteiger partial charge on any atom is -0.544 e. The van der Waals surface area contributed by atoms with E-state index < -0.39 is 5.97 Å². The molecule has 2 aromatic rings. The van der Waals surface area contributed by atoms with Crippen molar-refractivity contribution in [3.63, 3.8) is 0 Å². The highest BCUT2D eigenvalue weighted by Crippen LogP contribution is 2.31. The second-order valence-corrected chi connectivity index (χ2v) is 5.74. The lowest BCUT2D eigenvalue weighted by Crippen LogP contribution is -2.23. The zero-order valence-corrected chi connectivity index (χ0v) is 14.6. The number of rotatable bonds is 8. The number of terminal acetylenes is 1. The number of carboxylic acid groups (broad SMARTS) is 1. The van der Waals surface area contributed by atoms with Crippen LogP contribution in [0.5, 0.6) is 11.5 Å². The van der Waals surface area contributed by atoms with Crippen molar-refractivity contribution in [3.05, 3.63) is 34.5 Å². The van der Waals surface area contributed by atoms with Crippen molar-refractivity contribution in [2.45, 2.75) is 19.0 Å². The SMILES string of the molecule is C#CCOc1ccc(/C=C(/Sc2n[nH]c(C)n2)C(=O)[O-])cc1OCC. The Kier molecular flexibility index (Phi) is 6.48. The first kappa shape index (κ1) is 18.4. The van der Waals surface area contributed by atoms with E-state index in [0.717, 1.165) is 11.8 Å². The molecule has 0 unspecified atom stereocenters. The predicted octanol–water partition coefficient (Wildman–Crippen LogP) is 1.41. The minimum absolute atomic E-state index is 0.0289. The molecule has 0 atom stereocenters. The Labute approximate surface area is 149 Å². The van der Waals surface area contributed by atoms with E-state index in [1.807, 2.05) is 6.92 Å². The van der Waals surface area contributed by atoms with E-state index in [0.29, 0.717) is 34.7 Å². The molecule has 25 heavy (non-hydrogen) atoms. The number of nitrogens with one attached hydrogen (secondary N) is 1. The van der Waals surface area contributed by atoms with Crippen LogP contribution in [0.25, 0.3) is 6.08 Å². The predicted molar refractivity (Wildman–Crippen MR) is 91.9 cm³/mol. The fourth-order valence-corrected chi connectivity index (χ4v) is 2.62. The van der Waals surface area contributed by atoms with Crippen LogP contribution in [0.15, 0.2) is 28.3 Å². The molecule has 1 aromatic heterocycles. The molecule has 7 nitrogen and oxygen atoms in total. The summed E-state index contributed by atoms with van der Waals surface area (Å²) in [6, 6.07) is 5.03. The molecule has 0 bridgehead atoms. The summed E-state index contributed by atoms with van der Waals surface area (Å²) in [7, 11) is 0. The fourth-order valence-electron chi connectivity index (χ4n) is 1.87. The maximum atomic E-state index is 11.4. The van der Waals surface area contributed by atoms with Crippen molar-refractivity contribution >= 4 is 23.8 Å². The number of H-pyrrole nitrogens is 1. The van der Waals surface area contributed by atoms with Gasteiger partial charge in [-0.05, 0) is 49.4 Å². The Morgan fingerprint density at radius 1 is 1.44 bits per heavy atom. The first-order valence-electron chi connectivity index (χ1n) is 7.36. The molecule has 0 saturated heterocycles. The molecule has 8 heteroatoms. The lowest BCUT2D eigenvalue weighted by Gasteiger charge is -2.12. The number of aromatic amines is 1. The number of aryl methyl sites for hydroxylation is 1. The molecule has 0 aliphatic carbocycles. The first-order chi connectivity index (χ1) is 12.0. The Balaban J connectivity index is 2.30. The third-order valence-electron chi connectivity index (χ3n) is 2.86. The van der Waals surface area contributed by atoms with E-state index >= 15 is 0 Å². The summed E-state index contributed by atoms with van der Waals surface area (Å²) in [6.07, 6.45) is 6.65. The highest BCUT2D eigenvalue weighted by atomic mass is 32.2. The molecule has 2 rings (SSSR count). The van der Waals surface area contributed by atoms with E-state index in [1.165, 1.54) is 6.08 Å². The highest BCUT2D eigenvalue weighted by molar-refractivity contribution is 8.04. The summed E-state index contributed by atoms with van der Waals surface area (Å²) in [5.41, 5.74) is 0.607. The summed E-state index contributed by atoms with van der Waals surface area (Å²) in [5.74, 6) is 2.62. The van der Waals surface area contributed by atoms with Crippen molar-refractivity contribution in [1.82, 2.24) is 15.2 Å². The zero-order chi connectivity index (χ0) is 18.2. The van der Waals surface area contributed by atoms with E-state index in [-0.39, 0.29) is 11.5 Å². The van der Waals surface area contributed by atoms with Gasteiger partial charge < -0.3 is 19.4 Å². The number of carbonyl (C=O) groups excluding carboxylic acids is 1. The summed E-state index contributed by atoms with van der Waals surface area (Å²) in [5, 5.41) is 18.2. The van der Waals surface area contributed by atoms with Gasteiger partial charge >= 0.3 is 0 Å². The van der Waals surface area contributed by atoms with Crippen LogP contribution in [0.1, 0.15) is 18.3 Å². The lowest BCUT2D eigenvalue weighted by atomic mass is 10.2. The average molecular weight is 358 g/mol. The van der Waals surface area contributed by atoms with E-state index in [2.05, 4.69) is 21.1 Å². The molecule has 0 aliphatic rings. The number of ether oxygens (including phenoxy) is 2. The molecule has 1 aromatic carbocycles. The zero-order valence-electron chi connectivity index (χ0n) is 13.7. The summed E-state index contributed by atoms with van der Waals surface area (Å²) < 4.78 is 10.9. The number of carboxylic acids is 1. The molecule has 0 aliphatic heterocycles. The van der Waals surface area contributed by atoms with Crippen molar-refractivity contribution in [3.8, 4) is 23.8 Å². The van der Waals surface area contributed by atoms with Gasteiger partial charge in [-0.15, -0.1) is 11.5 Å². The number of benzene rings is 1. The Morgan fingerprint density at radius 3 is 2.84 bits per heavy atom. The van der Waals surface area contributed by atoms with Gasteiger partial charge in [0.25, 0.3) is 0 Å². The first-order valence-corrected chi connectivity index (χ1v) is 8.18. The highest BCUT2D eigenvalue weighted by Gasteiger charge is 2.10. The average Bonchev–Trinajstić information content (AvgIpc) is 2.99. The number of aliphatic carboxylic acids is 1. The van der Waals surface area contributed by atoms with Gasteiger partial charge in [-0.2, -0.15) is 0 Å². The van der Waals surface area contributed by atoms with Gasteiger partial charge in [0.2, 0.25) is 5.16 Å². The normalized spacial score (nSPS) is 11.0. The number of nitrogens with zero attached hydrogens (tertiary/aromatic N) is 2. The molecule has 0 fully saturated rings. The molecule has 1 N–H and O–H groups in total. The van der Waals surface area contributed by atoms with Crippen LogP contribution < -0.4 is 14.6 Å². The maximum Gasteiger partial charge on any atom is 0.213 e. The van der Waals surface area contributed by atoms with Crippen molar-refractivity contribution in [2.24, 2.45) is 0 Å². The molecule has 130 valence electrons. The smallest absolute Gasteiger partial charge is 0.213 e. The van der Waals surface area contributed by atoms with Crippen LogP contribution in [0, 0.1) is 19.3 Å². The molecule has 1 heterocycles. The van der Waals surface area contributed by atoms with Crippen LogP contribution in [0.4, 0.5) is 0 Å². The lowest BCUT2D eigenvalue weighted by molar-refractivity contribution is -0.297. The van der Waals surface area contributed by atoms with E-state index in [1.54, 1.807) is 25.1 Å². The standard InChI is InChI=1S/C17H17N3O4S/c1-4-8-24-13-7-6-12(9-14(13)23-5-2)10-15(16(21)22)25-17-18-11(3)19-20-17/h1,6-7,9-10H,5,8H2,2-3H3,(H,21,22)(H,18,19,20)/p-1/b15-10+. The second kappa shape index (κ2) is 8.80. The monoisotopic (exact) mass is 358 g/mol. The fraction of sp³-hybridized carbons (Fsp3) is 0.235. The number of thioether (sulfide) groups is 1. The molecule has 0 radical (unpaired) electrons. The summed E-state index contributed by atoms with van der Waals surface area (Å²) >= 11 is 0.897. The van der Waals surface area contributed by atoms with Gasteiger partial charge in [0.1, 0.15) is 12.4 Å². The van der Waals surface area contributed by atoms with Gasteiger partial charge in [0.05, 0.1) is 12.6 Å². The minimum atomic E-state index is -1.32. The van der Waals surface area contributed by atoms with Gasteiger partial charge in [-0.1, -0.05) is 12.0 Å². The van der Waals surface area contributed by atoms with Crippen molar-refractivity contribution in [1.29, 1.82) is 0 Å². The van der Waals surface area contributed by atoms with Gasteiger partial charge in [-0.3, -0.25) is 5.10 Å². The Bertz CT molecular complexity index is 824. The van der Waals surface area contributed by atoms with Crippen LogP contribution in [-0.4, -0.2) is 34.4 Å². The molecule has 0 saturated carbocycles. The molecule has 0 spiro atoms. The molecular weight excluding hydrogens is 342 g/mol. The maximum absolute atomic E-state index is 11.4. The summed E-state index contributed by atoms with van der Waals surface area (Å²) in [6.45, 7) is 4.10. The third-order valence-corrected chi connectivity index (χ3v) is 3.73. The quantitative estimate of drug-likeness (QED) is 0.432. The second-order valence-electron chi connectivity index (χ2n) is 4.73. The van der Waals surface area contributed by atoms with Crippen LogP contribution in [-0.2, 0) is 4.79 Å². The van der Waals surface area contributed by atoms with Crippen molar-refractivity contribution in [2.75, 3.05) is 13.2 Å². The summed E-state index contributed by atoms with van der Waals surface area (Å²) in [4.78, 5) is 15.4. The third kappa shape index (κ3) is 5.29.